The summed E-state index contributed by atoms with van der Waals surface area (Å²) in [5.41, 5.74) is 9.28. The van der Waals surface area contributed by atoms with Gasteiger partial charge in [-0.2, -0.15) is 5.10 Å². The van der Waals surface area contributed by atoms with E-state index in [2.05, 4.69) is 23.1 Å². The van der Waals surface area contributed by atoms with Gasteiger partial charge in [0.2, 0.25) is 0 Å². The van der Waals surface area contributed by atoms with Crippen LogP contribution in [0.1, 0.15) is 12.5 Å². The summed E-state index contributed by atoms with van der Waals surface area (Å²) in [5.74, 6) is 0.547. The minimum absolute atomic E-state index is 0.269. The van der Waals surface area contributed by atoms with Crippen LogP contribution in [0.4, 0.5) is 0 Å². The fraction of sp³-hybridized carbons (Fsp3) is 0.438. The van der Waals surface area contributed by atoms with E-state index in [0.29, 0.717) is 5.92 Å². The van der Waals surface area contributed by atoms with Crippen LogP contribution in [0.3, 0.4) is 0 Å². The van der Waals surface area contributed by atoms with Gasteiger partial charge in [-0.3, -0.25) is 9.58 Å². The van der Waals surface area contributed by atoms with Crippen molar-refractivity contribution >= 4 is 11.6 Å². The third kappa shape index (κ3) is 2.98. The quantitative estimate of drug-likeness (QED) is 0.948. The molecule has 2 atom stereocenters. The first kappa shape index (κ1) is 14.6. The molecule has 1 aliphatic rings. The lowest BCUT2D eigenvalue weighted by Crippen LogP contribution is -2.28. The molecule has 2 N–H and O–H groups in total. The number of aryl methyl sites for hydroxylation is 1. The van der Waals surface area contributed by atoms with Gasteiger partial charge in [0.1, 0.15) is 0 Å². The lowest BCUT2D eigenvalue weighted by atomic mass is 10.1. The minimum atomic E-state index is 0.269. The molecule has 5 heteroatoms. The van der Waals surface area contributed by atoms with Crippen LogP contribution in [0.15, 0.2) is 30.5 Å². The van der Waals surface area contributed by atoms with E-state index in [1.54, 1.807) is 0 Å². The lowest BCUT2D eigenvalue weighted by molar-refractivity contribution is 0.319. The molecule has 4 nitrogen and oxygen atoms in total. The number of halogens is 1. The van der Waals surface area contributed by atoms with Crippen molar-refractivity contribution < 1.29 is 0 Å². The van der Waals surface area contributed by atoms with Gasteiger partial charge in [-0.1, -0.05) is 36.7 Å². The van der Waals surface area contributed by atoms with Crippen LogP contribution in [0.25, 0.3) is 11.3 Å². The standard InChI is InChI=1S/C16H21ClN4/c1-11-7-21(10-15(11)18)9-12-8-20(2)19-16(12)13-5-3-4-6-14(13)17/h3-6,8,11,15H,7,9-10,18H2,1-2H3. The summed E-state index contributed by atoms with van der Waals surface area (Å²) in [6.45, 7) is 5.06. The zero-order valence-corrected chi connectivity index (χ0v) is 13.2. The monoisotopic (exact) mass is 304 g/mol. The number of hydrogen-bond acceptors (Lipinski definition) is 3. The summed E-state index contributed by atoms with van der Waals surface area (Å²) in [5, 5.41) is 5.34. The number of likely N-dealkylation sites (tertiary alicyclic amines) is 1. The molecule has 0 radical (unpaired) electrons. The Morgan fingerprint density at radius 1 is 1.33 bits per heavy atom. The van der Waals surface area contributed by atoms with E-state index in [1.165, 1.54) is 5.56 Å². The summed E-state index contributed by atoms with van der Waals surface area (Å²) in [4.78, 5) is 2.40. The first-order valence-electron chi connectivity index (χ1n) is 7.30. The van der Waals surface area contributed by atoms with E-state index in [9.17, 15) is 0 Å². The van der Waals surface area contributed by atoms with Crippen molar-refractivity contribution in [1.29, 1.82) is 0 Å². The molecule has 0 saturated carbocycles. The lowest BCUT2D eigenvalue weighted by Gasteiger charge is -2.15. The molecule has 1 aromatic heterocycles. The summed E-state index contributed by atoms with van der Waals surface area (Å²) in [6.07, 6.45) is 2.08. The zero-order valence-electron chi connectivity index (χ0n) is 12.5. The molecule has 2 unspecified atom stereocenters. The van der Waals surface area contributed by atoms with E-state index in [-0.39, 0.29) is 6.04 Å². The number of aromatic nitrogens is 2. The van der Waals surface area contributed by atoms with Crippen LogP contribution in [0.5, 0.6) is 0 Å². The van der Waals surface area contributed by atoms with Gasteiger partial charge in [0.05, 0.1) is 10.7 Å². The second-order valence-corrected chi connectivity index (χ2v) is 6.40. The van der Waals surface area contributed by atoms with E-state index >= 15 is 0 Å². The Balaban J connectivity index is 1.89. The Kier molecular flexibility index (Phi) is 4.02. The molecule has 0 amide bonds. The van der Waals surface area contributed by atoms with Crippen molar-refractivity contribution in [3.63, 3.8) is 0 Å². The molecule has 3 rings (SSSR count). The van der Waals surface area contributed by atoms with Gasteiger partial charge in [-0.05, 0) is 12.0 Å². The number of nitrogens with two attached hydrogens (primary N) is 1. The van der Waals surface area contributed by atoms with Crippen LogP contribution >= 0.6 is 11.6 Å². The number of rotatable bonds is 3. The predicted molar refractivity (Wildman–Crippen MR) is 86.1 cm³/mol. The van der Waals surface area contributed by atoms with Gasteiger partial charge in [0.25, 0.3) is 0 Å². The molecule has 1 saturated heterocycles. The van der Waals surface area contributed by atoms with Crippen molar-refractivity contribution in [2.75, 3.05) is 13.1 Å². The molecule has 2 heterocycles. The van der Waals surface area contributed by atoms with E-state index < -0.39 is 0 Å². The second-order valence-electron chi connectivity index (χ2n) is 5.99. The van der Waals surface area contributed by atoms with Gasteiger partial charge in [-0.25, -0.2) is 0 Å². The molecule has 2 aromatic rings. The van der Waals surface area contributed by atoms with E-state index in [4.69, 9.17) is 17.3 Å². The van der Waals surface area contributed by atoms with Gasteiger partial charge in [-0.15, -0.1) is 0 Å². The normalized spacial score (nSPS) is 22.9. The van der Waals surface area contributed by atoms with Crippen LogP contribution in [0, 0.1) is 5.92 Å². The average molecular weight is 305 g/mol. The van der Waals surface area contributed by atoms with Crippen molar-refractivity contribution in [1.82, 2.24) is 14.7 Å². The fourth-order valence-electron chi connectivity index (χ4n) is 3.00. The Labute approximate surface area is 130 Å². The van der Waals surface area contributed by atoms with Gasteiger partial charge < -0.3 is 5.73 Å². The van der Waals surface area contributed by atoms with Gasteiger partial charge in [0, 0.05) is 50.0 Å². The third-order valence-corrected chi connectivity index (χ3v) is 4.50. The SMILES string of the molecule is CC1CN(Cc2cn(C)nc2-c2ccccc2Cl)CC1N. The summed E-state index contributed by atoms with van der Waals surface area (Å²) < 4.78 is 1.85. The highest BCUT2D eigenvalue weighted by Gasteiger charge is 2.27. The molecule has 0 aliphatic carbocycles. The molecule has 0 bridgehead atoms. The van der Waals surface area contributed by atoms with Crippen LogP contribution in [-0.4, -0.2) is 33.8 Å². The van der Waals surface area contributed by atoms with Crippen molar-refractivity contribution in [3.8, 4) is 11.3 Å². The number of hydrogen-bond donors (Lipinski definition) is 1. The molecule has 1 aromatic carbocycles. The predicted octanol–water partition coefficient (Wildman–Crippen LogP) is 2.52. The zero-order chi connectivity index (χ0) is 15.0. The van der Waals surface area contributed by atoms with E-state index in [1.807, 2.05) is 36.0 Å². The smallest absolute Gasteiger partial charge is 0.0983 e. The molecular weight excluding hydrogens is 284 g/mol. The second kappa shape index (κ2) is 5.79. The third-order valence-electron chi connectivity index (χ3n) is 4.17. The van der Waals surface area contributed by atoms with Crippen LogP contribution in [-0.2, 0) is 13.6 Å². The number of nitrogens with zero attached hydrogens (tertiary/aromatic N) is 3. The topological polar surface area (TPSA) is 47.1 Å². The minimum Gasteiger partial charge on any atom is -0.326 e. The van der Waals surface area contributed by atoms with Crippen molar-refractivity contribution in [2.45, 2.75) is 19.5 Å². The van der Waals surface area contributed by atoms with Crippen molar-refractivity contribution in [2.24, 2.45) is 18.7 Å². The fourth-order valence-corrected chi connectivity index (χ4v) is 3.22. The maximum absolute atomic E-state index is 6.32. The Morgan fingerprint density at radius 2 is 2.10 bits per heavy atom. The van der Waals surface area contributed by atoms with Crippen molar-refractivity contribution in [3.05, 3.63) is 41.0 Å². The largest absolute Gasteiger partial charge is 0.326 e. The van der Waals surface area contributed by atoms with Gasteiger partial charge >= 0.3 is 0 Å². The summed E-state index contributed by atoms with van der Waals surface area (Å²) in [6, 6.07) is 8.13. The molecule has 112 valence electrons. The first-order valence-corrected chi connectivity index (χ1v) is 7.67. The van der Waals surface area contributed by atoms with Crippen LogP contribution < -0.4 is 5.73 Å². The molecular formula is C16H21ClN4. The maximum atomic E-state index is 6.32. The maximum Gasteiger partial charge on any atom is 0.0983 e. The molecule has 0 spiro atoms. The summed E-state index contributed by atoms with van der Waals surface area (Å²) in [7, 11) is 1.95. The Morgan fingerprint density at radius 3 is 2.76 bits per heavy atom. The Bertz CT molecular complexity index is 627. The Hall–Kier alpha value is -1.36. The van der Waals surface area contributed by atoms with Gasteiger partial charge in [0.15, 0.2) is 0 Å². The molecule has 21 heavy (non-hydrogen) atoms. The van der Waals surface area contributed by atoms with Crippen LogP contribution in [0.2, 0.25) is 5.02 Å². The van der Waals surface area contributed by atoms with E-state index in [0.717, 1.165) is 35.9 Å². The first-order chi connectivity index (χ1) is 10.0. The summed E-state index contributed by atoms with van der Waals surface area (Å²) >= 11 is 6.32. The number of benzene rings is 1. The molecule has 1 aliphatic heterocycles. The highest BCUT2D eigenvalue weighted by Crippen LogP contribution is 2.30. The highest BCUT2D eigenvalue weighted by atomic mass is 35.5. The average Bonchev–Trinajstić information content (AvgIpc) is 2.94. The molecule has 1 fully saturated rings. The highest BCUT2D eigenvalue weighted by molar-refractivity contribution is 6.33.